The number of rotatable bonds is 4. The maximum absolute atomic E-state index is 12.6. The van der Waals surface area contributed by atoms with Gasteiger partial charge in [0.1, 0.15) is 0 Å². The van der Waals surface area contributed by atoms with Crippen molar-refractivity contribution < 1.29 is 9.59 Å². The zero-order chi connectivity index (χ0) is 17.0. The number of carbonyl (C=O) groups is 2. The van der Waals surface area contributed by atoms with Crippen molar-refractivity contribution in [3.8, 4) is 0 Å². The molecule has 1 unspecified atom stereocenters. The lowest BCUT2D eigenvalue weighted by Crippen LogP contribution is -2.46. The molecule has 3 N–H and O–H groups in total. The van der Waals surface area contributed by atoms with Gasteiger partial charge < -0.3 is 16.0 Å². The van der Waals surface area contributed by atoms with Gasteiger partial charge in [0.05, 0.1) is 11.6 Å². The monoisotopic (exact) mass is 337 g/mol. The number of primary amides is 1. The van der Waals surface area contributed by atoms with Crippen LogP contribution in [0.15, 0.2) is 12.1 Å². The molecule has 2 rings (SSSR count). The Balaban J connectivity index is 2.20. The summed E-state index contributed by atoms with van der Waals surface area (Å²) in [6.07, 6.45) is 3.09. The zero-order valence-corrected chi connectivity index (χ0v) is 14.4. The van der Waals surface area contributed by atoms with E-state index in [9.17, 15) is 9.59 Å². The number of carbonyl (C=O) groups excluding carboxylic acids is 2. The quantitative estimate of drug-likeness (QED) is 0.885. The minimum atomic E-state index is -0.339. The van der Waals surface area contributed by atoms with Crippen molar-refractivity contribution in [3.63, 3.8) is 0 Å². The van der Waals surface area contributed by atoms with Gasteiger partial charge in [0.25, 0.3) is 0 Å². The van der Waals surface area contributed by atoms with E-state index in [1.54, 1.807) is 4.90 Å². The van der Waals surface area contributed by atoms with Crippen LogP contribution >= 0.6 is 11.6 Å². The third kappa shape index (κ3) is 3.96. The summed E-state index contributed by atoms with van der Waals surface area (Å²) in [6, 6.07) is 3.63. The van der Waals surface area contributed by atoms with E-state index in [4.69, 9.17) is 17.3 Å². The number of hydrogen-bond donors (Lipinski definition) is 2. The number of nitrogens with zero attached hydrogens (tertiary/aromatic N) is 1. The normalized spacial score (nSPS) is 17.9. The average molecular weight is 338 g/mol. The van der Waals surface area contributed by atoms with Crippen LogP contribution < -0.4 is 11.1 Å². The predicted molar refractivity (Wildman–Crippen MR) is 92.7 cm³/mol. The van der Waals surface area contributed by atoms with E-state index in [0.29, 0.717) is 18.1 Å². The molecule has 0 aliphatic carbocycles. The van der Waals surface area contributed by atoms with Gasteiger partial charge in [-0.1, -0.05) is 31.5 Å². The second-order valence-electron chi connectivity index (χ2n) is 5.88. The second-order valence-corrected chi connectivity index (χ2v) is 6.29. The van der Waals surface area contributed by atoms with Crippen LogP contribution in [0.5, 0.6) is 0 Å². The van der Waals surface area contributed by atoms with Crippen molar-refractivity contribution >= 4 is 29.2 Å². The van der Waals surface area contributed by atoms with Gasteiger partial charge in [-0.05, 0) is 42.9 Å². The highest BCUT2D eigenvalue weighted by Crippen LogP contribution is 2.30. The molecular weight excluding hydrogens is 314 g/mol. The Kier molecular flexibility index (Phi) is 5.88. The van der Waals surface area contributed by atoms with Crippen molar-refractivity contribution in [2.45, 2.75) is 39.5 Å². The molecule has 1 heterocycles. The SMILES string of the molecule is CCc1ccc(Cl)c(CC)c1NC(=O)N1CCCC(C(N)=O)C1. The highest BCUT2D eigenvalue weighted by atomic mass is 35.5. The number of piperidine rings is 1. The first-order valence-electron chi connectivity index (χ1n) is 8.13. The van der Waals surface area contributed by atoms with Crippen molar-refractivity contribution in [1.29, 1.82) is 0 Å². The third-order valence-corrected chi connectivity index (χ3v) is 4.77. The van der Waals surface area contributed by atoms with Crippen LogP contribution in [-0.2, 0) is 17.6 Å². The van der Waals surface area contributed by atoms with Gasteiger partial charge in [0.2, 0.25) is 5.91 Å². The van der Waals surface area contributed by atoms with E-state index < -0.39 is 0 Å². The van der Waals surface area contributed by atoms with Gasteiger partial charge in [0.15, 0.2) is 0 Å². The van der Waals surface area contributed by atoms with E-state index in [2.05, 4.69) is 5.32 Å². The molecule has 3 amide bonds. The summed E-state index contributed by atoms with van der Waals surface area (Å²) in [5, 5.41) is 3.66. The Bertz CT molecular complexity index is 604. The van der Waals surface area contributed by atoms with Gasteiger partial charge in [-0.3, -0.25) is 4.79 Å². The minimum Gasteiger partial charge on any atom is -0.369 e. The van der Waals surface area contributed by atoms with Crippen LogP contribution in [0.4, 0.5) is 10.5 Å². The molecule has 0 saturated carbocycles. The fraction of sp³-hybridized carbons (Fsp3) is 0.529. The second kappa shape index (κ2) is 7.68. The first kappa shape index (κ1) is 17.6. The highest BCUT2D eigenvalue weighted by molar-refractivity contribution is 6.32. The lowest BCUT2D eigenvalue weighted by Gasteiger charge is -2.31. The number of amides is 3. The van der Waals surface area contributed by atoms with Crippen LogP contribution in [0.2, 0.25) is 5.02 Å². The van der Waals surface area contributed by atoms with Crippen molar-refractivity contribution in [2.75, 3.05) is 18.4 Å². The predicted octanol–water partition coefficient (Wildman–Crippen LogP) is 3.19. The van der Waals surface area contributed by atoms with Gasteiger partial charge in [-0.15, -0.1) is 0 Å². The number of urea groups is 1. The summed E-state index contributed by atoms with van der Waals surface area (Å²) in [5.74, 6) is -0.598. The molecule has 6 heteroatoms. The van der Waals surface area contributed by atoms with Gasteiger partial charge in [0, 0.05) is 18.1 Å². The van der Waals surface area contributed by atoms with Crippen molar-refractivity contribution in [1.82, 2.24) is 4.90 Å². The Morgan fingerprint density at radius 1 is 1.35 bits per heavy atom. The third-order valence-electron chi connectivity index (χ3n) is 4.42. The highest BCUT2D eigenvalue weighted by Gasteiger charge is 2.27. The first-order chi connectivity index (χ1) is 11.0. The van der Waals surface area contributed by atoms with Crippen molar-refractivity contribution in [3.05, 3.63) is 28.3 Å². The summed E-state index contributed by atoms with van der Waals surface area (Å²) in [7, 11) is 0. The smallest absolute Gasteiger partial charge is 0.321 e. The standard InChI is InChI=1S/C17H24ClN3O2/c1-3-11-7-8-14(18)13(4-2)15(11)20-17(23)21-9-5-6-12(10-21)16(19)22/h7-8,12H,3-6,9-10H2,1-2H3,(H2,19,22)(H,20,23). The summed E-state index contributed by atoms with van der Waals surface area (Å²) >= 11 is 6.27. The Hall–Kier alpha value is -1.75. The molecule has 1 aromatic carbocycles. The fourth-order valence-corrected chi connectivity index (χ4v) is 3.34. The van der Waals surface area contributed by atoms with Gasteiger partial charge in [-0.2, -0.15) is 0 Å². The molecule has 1 aliphatic rings. The molecule has 126 valence electrons. The lowest BCUT2D eigenvalue weighted by atomic mass is 9.98. The average Bonchev–Trinajstić information content (AvgIpc) is 2.55. The molecule has 23 heavy (non-hydrogen) atoms. The Morgan fingerprint density at radius 2 is 2.09 bits per heavy atom. The number of aryl methyl sites for hydroxylation is 1. The molecule has 0 radical (unpaired) electrons. The summed E-state index contributed by atoms with van der Waals surface area (Å²) in [4.78, 5) is 25.6. The topological polar surface area (TPSA) is 75.4 Å². The van der Waals surface area contributed by atoms with E-state index >= 15 is 0 Å². The number of hydrogen-bond acceptors (Lipinski definition) is 2. The molecule has 5 nitrogen and oxygen atoms in total. The number of nitrogens with one attached hydrogen (secondary N) is 1. The largest absolute Gasteiger partial charge is 0.369 e. The minimum absolute atomic E-state index is 0.192. The van der Waals surface area contributed by atoms with Crippen molar-refractivity contribution in [2.24, 2.45) is 11.7 Å². The summed E-state index contributed by atoms with van der Waals surface area (Å²) < 4.78 is 0. The van der Waals surface area contributed by atoms with Crippen LogP contribution in [0, 0.1) is 5.92 Å². The number of halogens is 1. The van der Waals surface area contributed by atoms with E-state index in [1.165, 1.54) is 0 Å². The Morgan fingerprint density at radius 3 is 2.70 bits per heavy atom. The molecule has 0 spiro atoms. The number of nitrogens with two attached hydrogens (primary N) is 1. The molecule has 0 aromatic heterocycles. The number of anilines is 1. The van der Waals surface area contributed by atoms with Gasteiger partial charge in [-0.25, -0.2) is 4.79 Å². The molecule has 1 saturated heterocycles. The molecular formula is C17H24ClN3O2. The van der Waals surface area contributed by atoms with Gasteiger partial charge >= 0.3 is 6.03 Å². The van der Waals surface area contributed by atoms with E-state index in [-0.39, 0.29) is 17.9 Å². The van der Waals surface area contributed by atoms with Crippen LogP contribution in [0.25, 0.3) is 0 Å². The Labute approximate surface area is 142 Å². The number of benzene rings is 1. The van der Waals surface area contributed by atoms with Crippen LogP contribution in [0.1, 0.15) is 37.8 Å². The summed E-state index contributed by atoms with van der Waals surface area (Å²) in [6.45, 7) is 5.08. The maximum Gasteiger partial charge on any atom is 0.321 e. The van der Waals surface area contributed by atoms with Crippen LogP contribution in [-0.4, -0.2) is 29.9 Å². The van der Waals surface area contributed by atoms with Crippen LogP contribution in [0.3, 0.4) is 0 Å². The first-order valence-corrected chi connectivity index (χ1v) is 8.51. The fourth-order valence-electron chi connectivity index (χ4n) is 3.05. The molecule has 1 atom stereocenters. The lowest BCUT2D eigenvalue weighted by molar-refractivity contribution is -0.123. The summed E-state index contributed by atoms with van der Waals surface area (Å²) in [5.41, 5.74) is 8.18. The van der Waals surface area contributed by atoms with E-state index in [0.717, 1.165) is 42.5 Å². The maximum atomic E-state index is 12.6. The van der Waals surface area contributed by atoms with E-state index in [1.807, 2.05) is 26.0 Å². The molecule has 0 bridgehead atoms. The molecule has 1 aliphatic heterocycles. The number of likely N-dealkylation sites (tertiary alicyclic amines) is 1. The molecule has 1 fully saturated rings. The zero-order valence-electron chi connectivity index (χ0n) is 13.7. The molecule has 1 aromatic rings.